The molecule has 6 heteroatoms. The molecule has 3 rings (SSSR count). The Bertz CT molecular complexity index is 811. The van der Waals surface area contributed by atoms with Crippen LogP contribution >= 0.6 is 22.9 Å². The molecule has 0 saturated heterocycles. The lowest BCUT2D eigenvalue weighted by molar-refractivity contribution is 0.914. The van der Waals surface area contributed by atoms with Crippen molar-refractivity contribution in [1.29, 1.82) is 0 Å². The molecular formula is C16H17ClN4S. The predicted octanol–water partition coefficient (Wildman–Crippen LogP) is 4.20. The quantitative estimate of drug-likeness (QED) is 0.751. The summed E-state index contributed by atoms with van der Waals surface area (Å²) in [5, 5.41) is 5.06. The second-order valence-corrected chi connectivity index (χ2v) is 6.81. The van der Waals surface area contributed by atoms with Crippen LogP contribution in [0.3, 0.4) is 0 Å². The molecule has 22 heavy (non-hydrogen) atoms. The van der Waals surface area contributed by atoms with E-state index in [0.29, 0.717) is 5.82 Å². The number of nitrogens with one attached hydrogen (secondary N) is 1. The number of halogens is 1. The molecule has 1 aromatic carbocycles. The molecule has 2 aromatic heterocycles. The van der Waals surface area contributed by atoms with Crippen LogP contribution in [0.2, 0.25) is 5.02 Å². The van der Waals surface area contributed by atoms with Gasteiger partial charge in [0.15, 0.2) is 0 Å². The van der Waals surface area contributed by atoms with E-state index < -0.39 is 0 Å². The number of thiophene rings is 1. The number of fused-ring (bicyclic) bond motifs is 1. The largest absolute Gasteiger partial charge is 0.385 e. The van der Waals surface area contributed by atoms with E-state index in [9.17, 15) is 0 Å². The summed E-state index contributed by atoms with van der Waals surface area (Å²) in [6.45, 7) is 4.90. The number of nitrogens with zero attached hydrogens (tertiary/aromatic N) is 2. The Morgan fingerprint density at radius 2 is 1.91 bits per heavy atom. The van der Waals surface area contributed by atoms with Gasteiger partial charge in [-0.3, -0.25) is 0 Å². The first-order valence-electron chi connectivity index (χ1n) is 7.06. The maximum Gasteiger partial charge on any atom is 0.136 e. The van der Waals surface area contributed by atoms with Gasteiger partial charge in [-0.05, 0) is 43.7 Å². The van der Waals surface area contributed by atoms with Crippen LogP contribution < -0.4 is 11.1 Å². The highest BCUT2D eigenvalue weighted by atomic mass is 35.5. The number of anilines is 2. The fraction of sp³-hybridized carbons (Fsp3) is 0.250. The van der Waals surface area contributed by atoms with Gasteiger partial charge in [0.25, 0.3) is 0 Å². The Morgan fingerprint density at radius 1 is 1.18 bits per heavy atom. The zero-order chi connectivity index (χ0) is 15.7. The number of nitrogens with two attached hydrogens (primary N) is 1. The molecule has 0 radical (unpaired) electrons. The lowest BCUT2D eigenvalue weighted by atomic mass is 10.2. The van der Waals surface area contributed by atoms with Crippen molar-refractivity contribution >= 4 is 44.7 Å². The average molecular weight is 333 g/mol. The Kier molecular flexibility index (Phi) is 4.18. The van der Waals surface area contributed by atoms with Gasteiger partial charge in [0.05, 0.1) is 5.39 Å². The van der Waals surface area contributed by atoms with Gasteiger partial charge >= 0.3 is 0 Å². The smallest absolute Gasteiger partial charge is 0.136 e. The third kappa shape index (κ3) is 3.00. The Morgan fingerprint density at radius 3 is 2.64 bits per heavy atom. The summed E-state index contributed by atoms with van der Waals surface area (Å²) in [7, 11) is 0. The van der Waals surface area contributed by atoms with Crippen molar-refractivity contribution in [2.24, 2.45) is 0 Å². The van der Waals surface area contributed by atoms with E-state index in [0.717, 1.165) is 39.7 Å². The molecule has 114 valence electrons. The second-order valence-electron chi connectivity index (χ2n) is 5.17. The molecule has 0 atom stereocenters. The molecule has 3 N–H and O–H groups in total. The number of aryl methyl sites for hydroxylation is 2. The van der Waals surface area contributed by atoms with Gasteiger partial charge in [-0.1, -0.05) is 11.6 Å². The zero-order valence-corrected chi connectivity index (χ0v) is 14.1. The standard InChI is InChI=1S/C16H17ClN4S/c1-9-10(2)22-16-14(9)15(18)20-13(21-16)7-8-19-12-5-3-11(17)4-6-12/h3-6,19H,7-8H2,1-2H3,(H2,18,20,21). The zero-order valence-electron chi connectivity index (χ0n) is 12.5. The van der Waals surface area contributed by atoms with E-state index in [4.69, 9.17) is 17.3 Å². The van der Waals surface area contributed by atoms with Crippen LogP contribution in [0.15, 0.2) is 24.3 Å². The Labute approximate surface area is 138 Å². The van der Waals surface area contributed by atoms with Crippen LogP contribution in [0.5, 0.6) is 0 Å². The molecule has 0 fully saturated rings. The molecule has 3 aromatic rings. The van der Waals surface area contributed by atoms with Crippen molar-refractivity contribution < 1.29 is 0 Å². The average Bonchev–Trinajstić information content (AvgIpc) is 2.76. The summed E-state index contributed by atoms with van der Waals surface area (Å²) in [6, 6.07) is 7.63. The number of aromatic nitrogens is 2. The Hall–Kier alpha value is -1.85. The fourth-order valence-electron chi connectivity index (χ4n) is 2.32. The number of hydrogen-bond donors (Lipinski definition) is 2. The fourth-order valence-corrected chi connectivity index (χ4v) is 3.51. The molecule has 0 aliphatic carbocycles. The van der Waals surface area contributed by atoms with Gasteiger partial charge in [-0.15, -0.1) is 11.3 Å². The highest BCUT2D eigenvalue weighted by Gasteiger charge is 2.12. The first kappa shape index (κ1) is 15.1. The molecule has 4 nitrogen and oxygen atoms in total. The summed E-state index contributed by atoms with van der Waals surface area (Å²) in [6.07, 6.45) is 0.721. The topological polar surface area (TPSA) is 63.8 Å². The number of benzene rings is 1. The van der Waals surface area contributed by atoms with Crippen LogP contribution in [0, 0.1) is 13.8 Å². The van der Waals surface area contributed by atoms with Crippen molar-refractivity contribution in [3.05, 3.63) is 45.6 Å². The normalized spacial score (nSPS) is 11.0. The number of rotatable bonds is 4. The van der Waals surface area contributed by atoms with Crippen molar-refractivity contribution in [3.8, 4) is 0 Å². The van der Waals surface area contributed by atoms with Crippen LogP contribution in [-0.4, -0.2) is 16.5 Å². The third-order valence-corrected chi connectivity index (χ3v) is 4.98. The van der Waals surface area contributed by atoms with Gasteiger partial charge in [-0.25, -0.2) is 9.97 Å². The van der Waals surface area contributed by atoms with E-state index in [-0.39, 0.29) is 0 Å². The van der Waals surface area contributed by atoms with Crippen molar-refractivity contribution in [1.82, 2.24) is 9.97 Å². The lowest BCUT2D eigenvalue weighted by Crippen LogP contribution is -2.08. The molecule has 0 aliphatic rings. The van der Waals surface area contributed by atoms with Crippen LogP contribution in [-0.2, 0) is 6.42 Å². The van der Waals surface area contributed by atoms with Gasteiger partial charge in [0.1, 0.15) is 16.5 Å². The van der Waals surface area contributed by atoms with Crippen LogP contribution in [0.1, 0.15) is 16.3 Å². The summed E-state index contributed by atoms with van der Waals surface area (Å²) < 4.78 is 0. The van der Waals surface area contributed by atoms with E-state index >= 15 is 0 Å². The maximum absolute atomic E-state index is 6.09. The first-order valence-corrected chi connectivity index (χ1v) is 8.25. The lowest BCUT2D eigenvalue weighted by Gasteiger charge is -2.07. The number of hydrogen-bond acceptors (Lipinski definition) is 5. The molecule has 0 aliphatic heterocycles. The molecule has 0 spiro atoms. The minimum absolute atomic E-state index is 0.577. The third-order valence-electron chi connectivity index (χ3n) is 3.62. The summed E-state index contributed by atoms with van der Waals surface area (Å²) in [4.78, 5) is 11.3. The highest BCUT2D eigenvalue weighted by molar-refractivity contribution is 7.18. The van der Waals surface area contributed by atoms with Gasteiger partial charge in [-0.2, -0.15) is 0 Å². The minimum Gasteiger partial charge on any atom is -0.385 e. The van der Waals surface area contributed by atoms with E-state index in [1.807, 2.05) is 24.3 Å². The second kappa shape index (κ2) is 6.10. The first-order chi connectivity index (χ1) is 10.5. The number of nitrogen functional groups attached to an aromatic ring is 1. The molecule has 0 saturated carbocycles. The maximum atomic E-state index is 6.09. The molecular weight excluding hydrogens is 316 g/mol. The summed E-state index contributed by atoms with van der Waals surface area (Å²) >= 11 is 7.54. The molecule has 0 bridgehead atoms. The minimum atomic E-state index is 0.577. The monoisotopic (exact) mass is 332 g/mol. The van der Waals surface area contributed by atoms with E-state index in [1.165, 1.54) is 10.4 Å². The van der Waals surface area contributed by atoms with Crippen LogP contribution in [0.25, 0.3) is 10.2 Å². The van der Waals surface area contributed by atoms with Gasteiger partial charge in [0, 0.05) is 28.6 Å². The van der Waals surface area contributed by atoms with Crippen molar-refractivity contribution in [2.75, 3.05) is 17.6 Å². The van der Waals surface area contributed by atoms with Crippen LogP contribution in [0.4, 0.5) is 11.5 Å². The van der Waals surface area contributed by atoms with Crippen molar-refractivity contribution in [2.45, 2.75) is 20.3 Å². The predicted molar refractivity (Wildman–Crippen MR) is 94.9 cm³/mol. The summed E-state index contributed by atoms with van der Waals surface area (Å²) in [5.74, 6) is 1.35. The van der Waals surface area contributed by atoms with E-state index in [2.05, 4.69) is 29.1 Å². The molecule has 2 heterocycles. The Balaban J connectivity index is 1.73. The molecule has 0 amide bonds. The van der Waals surface area contributed by atoms with E-state index in [1.54, 1.807) is 11.3 Å². The van der Waals surface area contributed by atoms with Gasteiger partial charge < -0.3 is 11.1 Å². The summed E-state index contributed by atoms with van der Waals surface area (Å²) in [5.41, 5.74) is 8.30. The molecule has 0 unspecified atom stereocenters. The highest BCUT2D eigenvalue weighted by Crippen LogP contribution is 2.31. The van der Waals surface area contributed by atoms with Crippen molar-refractivity contribution in [3.63, 3.8) is 0 Å². The SMILES string of the molecule is Cc1sc2nc(CCNc3ccc(Cl)cc3)nc(N)c2c1C. The van der Waals surface area contributed by atoms with Gasteiger partial charge in [0.2, 0.25) is 0 Å².